The SMILES string of the molecule is CCN1CCC[C@@H]1CNC(=O)C(=O)Nc1c(C)cc(C)cc1C. The standard InChI is InChI=1S/C18H27N3O2/c1-5-21-8-6-7-15(21)11-19-17(22)18(23)20-16-13(3)9-12(2)10-14(16)4/h9-10,15H,5-8,11H2,1-4H3,(H,19,22)(H,20,23)/t15-/m1/s1. The molecule has 23 heavy (non-hydrogen) atoms. The van der Waals surface area contributed by atoms with E-state index in [-0.39, 0.29) is 0 Å². The highest BCUT2D eigenvalue weighted by Gasteiger charge is 2.24. The Morgan fingerprint density at radius 2 is 1.83 bits per heavy atom. The normalized spacial score (nSPS) is 18.0. The first-order valence-electron chi connectivity index (χ1n) is 8.33. The summed E-state index contributed by atoms with van der Waals surface area (Å²) < 4.78 is 0. The average Bonchev–Trinajstić information content (AvgIpc) is 2.95. The number of nitrogens with zero attached hydrogens (tertiary/aromatic N) is 1. The minimum Gasteiger partial charge on any atom is -0.346 e. The Kier molecular flexibility index (Phi) is 5.77. The van der Waals surface area contributed by atoms with Crippen LogP contribution in [0.2, 0.25) is 0 Å². The van der Waals surface area contributed by atoms with Crippen LogP contribution in [0.5, 0.6) is 0 Å². The second-order valence-corrected chi connectivity index (χ2v) is 6.36. The molecule has 126 valence electrons. The van der Waals surface area contributed by atoms with Crippen LogP contribution < -0.4 is 10.6 Å². The number of benzene rings is 1. The number of aryl methyl sites for hydroxylation is 3. The van der Waals surface area contributed by atoms with Crippen LogP contribution in [-0.4, -0.2) is 42.4 Å². The van der Waals surface area contributed by atoms with E-state index in [1.54, 1.807) is 0 Å². The van der Waals surface area contributed by atoms with Crippen molar-refractivity contribution in [1.29, 1.82) is 0 Å². The van der Waals surface area contributed by atoms with Crippen LogP contribution in [0.4, 0.5) is 5.69 Å². The summed E-state index contributed by atoms with van der Waals surface area (Å²) >= 11 is 0. The van der Waals surface area contributed by atoms with E-state index in [2.05, 4.69) is 22.5 Å². The van der Waals surface area contributed by atoms with Crippen molar-refractivity contribution < 1.29 is 9.59 Å². The number of carbonyl (C=O) groups excluding carboxylic acids is 2. The molecule has 1 fully saturated rings. The largest absolute Gasteiger partial charge is 0.346 e. The van der Waals surface area contributed by atoms with E-state index in [0.717, 1.165) is 48.3 Å². The van der Waals surface area contributed by atoms with Crippen molar-refractivity contribution in [3.63, 3.8) is 0 Å². The number of likely N-dealkylation sites (tertiary alicyclic amines) is 1. The zero-order valence-electron chi connectivity index (χ0n) is 14.5. The van der Waals surface area contributed by atoms with E-state index in [1.165, 1.54) is 0 Å². The van der Waals surface area contributed by atoms with Crippen LogP contribution in [0.25, 0.3) is 0 Å². The molecule has 1 aliphatic heterocycles. The summed E-state index contributed by atoms with van der Waals surface area (Å²) in [6.07, 6.45) is 2.23. The van der Waals surface area contributed by atoms with E-state index in [9.17, 15) is 9.59 Å². The molecule has 1 aliphatic rings. The summed E-state index contributed by atoms with van der Waals surface area (Å²) in [4.78, 5) is 26.5. The van der Waals surface area contributed by atoms with E-state index >= 15 is 0 Å². The number of anilines is 1. The van der Waals surface area contributed by atoms with Gasteiger partial charge in [0.1, 0.15) is 0 Å². The van der Waals surface area contributed by atoms with Gasteiger partial charge in [0.25, 0.3) is 0 Å². The van der Waals surface area contributed by atoms with Crippen LogP contribution in [-0.2, 0) is 9.59 Å². The van der Waals surface area contributed by atoms with Crippen LogP contribution in [0.1, 0.15) is 36.5 Å². The van der Waals surface area contributed by atoms with Crippen molar-refractivity contribution in [3.05, 3.63) is 28.8 Å². The molecular weight excluding hydrogens is 290 g/mol. The number of likely N-dealkylation sites (N-methyl/N-ethyl adjacent to an activating group) is 1. The Hall–Kier alpha value is -1.88. The molecule has 5 heteroatoms. The predicted molar refractivity (Wildman–Crippen MR) is 92.6 cm³/mol. The zero-order valence-corrected chi connectivity index (χ0v) is 14.5. The van der Waals surface area contributed by atoms with Crippen molar-refractivity contribution in [2.75, 3.05) is 25.0 Å². The fraction of sp³-hybridized carbons (Fsp3) is 0.556. The van der Waals surface area contributed by atoms with Crippen LogP contribution in [0.15, 0.2) is 12.1 Å². The second-order valence-electron chi connectivity index (χ2n) is 6.36. The quantitative estimate of drug-likeness (QED) is 0.837. The third-order valence-electron chi connectivity index (χ3n) is 4.53. The molecule has 5 nitrogen and oxygen atoms in total. The summed E-state index contributed by atoms with van der Waals surface area (Å²) in [6, 6.07) is 4.34. The molecule has 0 unspecified atom stereocenters. The van der Waals surface area contributed by atoms with E-state index in [0.29, 0.717) is 12.6 Å². The van der Waals surface area contributed by atoms with Crippen LogP contribution >= 0.6 is 0 Å². The highest BCUT2D eigenvalue weighted by atomic mass is 16.2. The number of rotatable bonds is 4. The van der Waals surface area contributed by atoms with Crippen LogP contribution in [0, 0.1) is 20.8 Å². The number of hydrogen-bond donors (Lipinski definition) is 2. The Balaban J connectivity index is 1.92. The van der Waals surface area contributed by atoms with E-state index in [1.807, 2.05) is 32.9 Å². The summed E-state index contributed by atoms with van der Waals surface area (Å²) in [5.74, 6) is -1.16. The average molecular weight is 317 g/mol. The van der Waals surface area contributed by atoms with Crippen molar-refractivity contribution >= 4 is 17.5 Å². The molecule has 1 heterocycles. The van der Waals surface area contributed by atoms with Gasteiger partial charge in [-0.1, -0.05) is 24.6 Å². The third kappa shape index (κ3) is 4.32. The van der Waals surface area contributed by atoms with Crippen molar-refractivity contribution in [2.24, 2.45) is 0 Å². The molecule has 0 saturated carbocycles. The summed E-state index contributed by atoms with van der Waals surface area (Å²) in [7, 11) is 0. The van der Waals surface area contributed by atoms with Gasteiger partial charge in [-0.3, -0.25) is 14.5 Å². The number of amides is 2. The maximum Gasteiger partial charge on any atom is 0.313 e. The zero-order chi connectivity index (χ0) is 17.0. The van der Waals surface area contributed by atoms with Crippen molar-refractivity contribution in [3.8, 4) is 0 Å². The molecule has 2 N–H and O–H groups in total. The van der Waals surface area contributed by atoms with Gasteiger partial charge in [-0.15, -0.1) is 0 Å². The summed E-state index contributed by atoms with van der Waals surface area (Å²) in [5.41, 5.74) is 3.81. The van der Waals surface area contributed by atoms with Gasteiger partial charge in [0.2, 0.25) is 0 Å². The summed E-state index contributed by atoms with van der Waals surface area (Å²) in [6.45, 7) is 10.6. The van der Waals surface area contributed by atoms with Gasteiger partial charge >= 0.3 is 11.8 Å². The fourth-order valence-electron chi connectivity index (χ4n) is 3.38. The first kappa shape index (κ1) is 17.5. The molecule has 2 rings (SSSR count). The monoisotopic (exact) mass is 317 g/mol. The highest BCUT2D eigenvalue weighted by Crippen LogP contribution is 2.21. The van der Waals surface area contributed by atoms with Gasteiger partial charge in [-0.25, -0.2) is 0 Å². The molecule has 2 amide bonds. The Labute approximate surface area is 138 Å². The Morgan fingerprint density at radius 1 is 1.17 bits per heavy atom. The summed E-state index contributed by atoms with van der Waals surface area (Å²) in [5, 5.41) is 5.51. The molecule has 0 bridgehead atoms. The lowest BCUT2D eigenvalue weighted by Crippen LogP contribution is -2.43. The Bertz CT molecular complexity index is 575. The van der Waals surface area contributed by atoms with Crippen molar-refractivity contribution in [1.82, 2.24) is 10.2 Å². The number of hydrogen-bond acceptors (Lipinski definition) is 3. The minimum absolute atomic E-state index is 0.347. The predicted octanol–water partition coefficient (Wildman–Crippen LogP) is 2.15. The lowest BCUT2D eigenvalue weighted by Gasteiger charge is -2.22. The topological polar surface area (TPSA) is 61.4 Å². The van der Waals surface area contributed by atoms with E-state index in [4.69, 9.17) is 0 Å². The minimum atomic E-state index is -0.596. The third-order valence-corrected chi connectivity index (χ3v) is 4.53. The van der Waals surface area contributed by atoms with Crippen molar-refractivity contribution in [2.45, 2.75) is 46.6 Å². The van der Waals surface area contributed by atoms with E-state index < -0.39 is 11.8 Å². The molecule has 1 aromatic rings. The number of carbonyl (C=O) groups is 2. The van der Waals surface area contributed by atoms with Gasteiger partial charge in [0, 0.05) is 18.3 Å². The number of nitrogens with one attached hydrogen (secondary N) is 2. The van der Waals surface area contributed by atoms with Gasteiger partial charge in [-0.05, 0) is 57.8 Å². The molecule has 0 spiro atoms. The lowest BCUT2D eigenvalue weighted by atomic mass is 10.1. The van der Waals surface area contributed by atoms with Gasteiger partial charge in [0.15, 0.2) is 0 Å². The first-order chi connectivity index (χ1) is 10.9. The molecule has 1 saturated heterocycles. The lowest BCUT2D eigenvalue weighted by molar-refractivity contribution is -0.136. The molecule has 0 radical (unpaired) electrons. The maximum atomic E-state index is 12.1. The molecule has 1 atom stereocenters. The highest BCUT2D eigenvalue weighted by molar-refractivity contribution is 6.39. The Morgan fingerprint density at radius 3 is 2.43 bits per heavy atom. The van der Waals surface area contributed by atoms with Crippen LogP contribution in [0.3, 0.4) is 0 Å². The van der Waals surface area contributed by atoms with Gasteiger partial charge in [0.05, 0.1) is 0 Å². The molecule has 0 aromatic heterocycles. The molecule has 1 aromatic carbocycles. The maximum absolute atomic E-state index is 12.1. The molecular formula is C18H27N3O2. The molecule has 0 aliphatic carbocycles. The first-order valence-corrected chi connectivity index (χ1v) is 8.33. The second kappa shape index (κ2) is 7.59. The van der Waals surface area contributed by atoms with Gasteiger partial charge < -0.3 is 10.6 Å². The smallest absolute Gasteiger partial charge is 0.313 e. The van der Waals surface area contributed by atoms with Gasteiger partial charge in [-0.2, -0.15) is 0 Å². The fourth-order valence-corrected chi connectivity index (χ4v) is 3.38.